The van der Waals surface area contributed by atoms with Crippen molar-refractivity contribution in [3.05, 3.63) is 35.4 Å². The van der Waals surface area contributed by atoms with Crippen LogP contribution in [0.5, 0.6) is 0 Å². The smallest absolute Gasteiger partial charge is 0.262 e. The summed E-state index contributed by atoms with van der Waals surface area (Å²) in [5, 5.41) is 3.03. The van der Waals surface area contributed by atoms with Gasteiger partial charge in [0.1, 0.15) is 6.04 Å². The van der Waals surface area contributed by atoms with Gasteiger partial charge in [-0.2, -0.15) is 0 Å². The molecule has 3 rings (SSSR count). The summed E-state index contributed by atoms with van der Waals surface area (Å²) in [6.45, 7) is 3.75. The van der Waals surface area contributed by atoms with Crippen molar-refractivity contribution in [1.82, 2.24) is 10.2 Å². The summed E-state index contributed by atoms with van der Waals surface area (Å²) in [7, 11) is 0. The largest absolute Gasteiger partial charge is 0.351 e. The van der Waals surface area contributed by atoms with Gasteiger partial charge < -0.3 is 5.32 Å². The van der Waals surface area contributed by atoms with Gasteiger partial charge in [-0.05, 0) is 37.8 Å². The number of carbonyl (C=O) groups is 3. The van der Waals surface area contributed by atoms with Crippen LogP contribution in [0, 0.1) is 5.92 Å². The molecule has 1 heterocycles. The molecule has 0 unspecified atom stereocenters. The first-order valence-corrected chi connectivity index (χ1v) is 8.28. The van der Waals surface area contributed by atoms with Crippen LogP contribution >= 0.6 is 0 Å². The van der Waals surface area contributed by atoms with Crippen molar-refractivity contribution in [3.8, 4) is 0 Å². The highest BCUT2D eigenvalue weighted by molar-refractivity contribution is 6.22. The Morgan fingerprint density at radius 3 is 2.26 bits per heavy atom. The van der Waals surface area contributed by atoms with E-state index >= 15 is 0 Å². The lowest BCUT2D eigenvalue weighted by atomic mass is 9.86. The Morgan fingerprint density at radius 2 is 1.70 bits per heavy atom. The molecule has 1 saturated carbocycles. The van der Waals surface area contributed by atoms with Gasteiger partial charge in [-0.3, -0.25) is 19.3 Å². The second kappa shape index (κ2) is 6.14. The van der Waals surface area contributed by atoms with Gasteiger partial charge in [0.05, 0.1) is 11.1 Å². The molecule has 1 aliphatic heterocycles. The van der Waals surface area contributed by atoms with Crippen LogP contribution in [-0.2, 0) is 4.79 Å². The molecule has 1 fully saturated rings. The number of nitrogens with one attached hydrogen (secondary N) is 1. The van der Waals surface area contributed by atoms with Crippen LogP contribution in [0.3, 0.4) is 0 Å². The molecule has 0 bridgehead atoms. The molecule has 1 aliphatic carbocycles. The molecule has 5 nitrogen and oxygen atoms in total. The summed E-state index contributed by atoms with van der Waals surface area (Å²) in [5.74, 6) is -0.588. The third-order valence-electron chi connectivity index (χ3n) is 5.03. The maximum absolute atomic E-state index is 12.5. The molecule has 0 radical (unpaired) electrons. The van der Waals surface area contributed by atoms with E-state index in [0.29, 0.717) is 17.0 Å². The Morgan fingerprint density at radius 1 is 1.13 bits per heavy atom. The topological polar surface area (TPSA) is 66.5 Å². The summed E-state index contributed by atoms with van der Waals surface area (Å²) in [6.07, 6.45) is 4.37. The third kappa shape index (κ3) is 2.76. The molecule has 5 heteroatoms. The molecular weight excluding hydrogens is 292 g/mol. The molecule has 0 spiro atoms. The first-order valence-electron chi connectivity index (χ1n) is 8.28. The van der Waals surface area contributed by atoms with E-state index in [1.807, 2.05) is 0 Å². The maximum Gasteiger partial charge on any atom is 0.262 e. The van der Waals surface area contributed by atoms with E-state index in [9.17, 15) is 14.4 Å². The highest BCUT2D eigenvalue weighted by Crippen LogP contribution is 2.26. The van der Waals surface area contributed by atoms with Crippen LogP contribution in [0.1, 0.15) is 60.2 Å². The second-order valence-electron chi connectivity index (χ2n) is 6.58. The van der Waals surface area contributed by atoms with E-state index in [1.165, 1.54) is 6.42 Å². The van der Waals surface area contributed by atoms with E-state index in [-0.39, 0.29) is 23.8 Å². The van der Waals surface area contributed by atoms with E-state index < -0.39 is 6.04 Å². The monoisotopic (exact) mass is 314 g/mol. The predicted molar refractivity (Wildman–Crippen MR) is 86.0 cm³/mol. The fourth-order valence-corrected chi connectivity index (χ4v) is 3.51. The lowest BCUT2D eigenvalue weighted by molar-refractivity contribution is -0.125. The van der Waals surface area contributed by atoms with Gasteiger partial charge in [0, 0.05) is 6.04 Å². The van der Waals surface area contributed by atoms with Crippen LogP contribution in [0.4, 0.5) is 0 Å². The Kier molecular flexibility index (Phi) is 4.20. The Hall–Kier alpha value is -2.17. The van der Waals surface area contributed by atoms with Gasteiger partial charge in [0.2, 0.25) is 5.91 Å². The third-order valence-corrected chi connectivity index (χ3v) is 5.03. The summed E-state index contributed by atoms with van der Waals surface area (Å²) < 4.78 is 0. The normalized spacial score (nSPS) is 25.2. The minimum Gasteiger partial charge on any atom is -0.351 e. The molecule has 1 aromatic carbocycles. The minimum atomic E-state index is -0.795. The minimum absolute atomic E-state index is 0.133. The fraction of sp³-hybridized carbons (Fsp3) is 0.500. The van der Waals surface area contributed by atoms with Crippen LogP contribution in [0.15, 0.2) is 24.3 Å². The van der Waals surface area contributed by atoms with Gasteiger partial charge >= 0.3 is 0 Å². The zero-order valence-corrected chi connectivity index (χ0v) is 13.5. The van der Waals surface area contributed by atoms with Gasteiger partial charge in [-0.1, -0.05) is 31.9 Å². The zero-order valence-electron chi connectivity index (χ0n) is 13.5. The van der Waals surface area contributed by atoms with Crippen LogP contribution in [0.25, 0.3) is 0 Å². The number of imide groups is 1. The Balaban J connectivity index is 1.73. The van der Waals surface area contributed by atoms with Crippen molar-refractivity contribution < 1.29 is 14.4 Å². The average Bonchev–Trinajstić information content (AvgIpc) is 2.81. The quantitative estimate of drug-likeness (QED) is 0.871. The highest BCUT2D eigenvalue weighted by atomic mass is 16.2. The SMILES string of the molecule is C[C@@H]1CCCC[C@@H]1NC(=O)[C@H](C)N1C(=O)c2ccccc2C1=O. The Labute approximate surface area is 136 Å². The van der Waals surface area contributed by atoms with Crippen molar-refractivity contribution in [1.29, 1.82) is 0 Å². The molecule has 1 aromatic rings. The maximum atomic E-state index is 12.5. The van der Waals surface area contributed by atoms with Gasteiger partial charge in [-0.15, -0.1) is 0 Å². The van der Waals surface area contributed by atoms with Crippen LogP contribution in [-0.4, -0.2) is 34.7 Å². The molecule has 0 saturated heterocycles. The number of hydrogen-bond acceptors (Lipinski definition) is 3. The summed E-state index contributed by atoms with van der Waals surface area (Å²) in [5.41, 5.74) is 0.756. The van der Waals surface area contributed by atoms with Crippen molar-refractivity contribution in [3.63, 3.8) is 0 Å². The average molecular weight is 314 g/mol. The lowest BCUT2D eigenvalue weighted by Gasteiger charge is -2.31. The van der Waals surface area contributed by atoms with Crippen LogP contribution < -0.4 is 5.32 Å². The highest BCUT2D eigenvalue weighted by Gasteiger charge is 2.41. The van der Waals surface area contributed by atoms with E-state index in [4.69, 9.17) is 0 Å². The number of hydrogen-bond donors (Lipinski definition) is 1. The van der Waals surface area contributed by atoms with E-state index in [0.717, 1.165) is 24.2 Å². The Bertz CT molecular complexity index is 620. The van der Waals surface area contributed by atoms with Gasteiger partial charge in [0.15, 0.2) is 0 Å². The molecule has 3 atom stereocenters. The van der Waals surface area contributed by atoms with Crippen molar-refractivity contribution >= 4 is 17.7 Å². The molecule has 23 heavy (non-hydrogen) atoms. The molecule has 0 aromatic heterocycles. The van der Waals surface area contributed by atoms with Gasteiger partial charge in [-0.25, -0.2) is 0 Å². The summed E-state index contributed by atoms with van der Waals surface area (Å²) >= 11 is 0. The van der Waals surface area contributed by atoms with Crippen LogP contribution in [0.2, 0.25) is 0 Å². The number of carbonyl (C=O) groups excluding carboxylic acids is 3. The number of nitrogens with zero attached hydrogens (tertiary/aromatic N) is 1. The molecule has 2 aliphatic rings. The van der Waals surface area contributed by atoms with E-state index in [2.05, 4.69) is 12.2 Å². The van der Waals surface area contributed by atoms with Gasteiger partial charge in [0.25, 0.3) is 11.8 Å². The molecule has 122 valence electrons. The zero-order chi connectivity index (χ0) is 16.6. The summed E-state index contributed by atoms with van der Waals surface area (Å²) in [4.78, 5) is 38.5. The number of fused-ring (bicyclic) bond motifs is 1. The fourth-order valence-electron chi connectivity index (χ4n) is 3.51. The number of amides is 3. The van der Waals surface area contributed by atoms with Crippen molar-refractivity contribution in [2.75, 3.05) is 0 Å². The lowest BCUT2D eigenvalue weighted by Crippen LogP contribution is -2.52. The second-order valence-corrected chi connectivity index (χ2v) is 6.58. The first kappa shape index (κ1) is 15.7. The molecule has 3 amide bonds. The molecular formula is C18H22N2O3. The van der Waals surface area contributed by atoms with Crippen molar-refractivity contribution in [2.45, 2.75) is 51.6 Å². The molecule has 1 N–H and O–H groups in total. The number of benzene rings is 1. The van der Waals surface area contributed by atoms with Crippen molar-refractivity contribution in [2.24, 2.45) is 5.92 Å². The number of rotatable bonds is 3. The standard InChI is InChI=1S/C18H22N2O3/c1-11-7-3-6-10-15(11)19-16(21)12(2)20-17(22)13-8-4-5-9-14(13)18(20)23/h4-5,8-9,11-12,15H,3,6-7,10H2,1-2H3,(H,19,21)/t11-,12+,15+/m1/s1. The van der Waals surface area contributed by atoms with E-state index in [1.54, 1.807) is 31.2 Å². The first-order chi connectivity index (χ1) is 11.0. The predicted octanol–water partition coefficient (Wildman–Crippen LogP) is 2.37. The summed E-state index contributed by atoms with van der Waals surface area (Å²) in [6, 6.07) is 6.04.